The Morgan fingerprint density at radius 3 is 2.64 bits per heavy atom. The molecule has 2 rings (SSSR count). The third kappa shape index (κ3) is 8.35. The van der Waals surface area contributed by atoms with E-state index >= 15 is 0 Å². The highest BCUT2D eigenvalue weighted by Crippen LogP contribution is 2.24. The van der Waals surface area contributed by atoms with Crippen molar-refractivity contribution >= 4 is 11.9 Å². The van der Waals surface area contributed by atoms with Gasteiger partial charge in [-0.3, -0.25) is 14.7 Å². The largest absolute Gasteiger partial charge is 0.379 e. The summed E-state index contributed by atoms with van der Waals surface area (Å²) in [5, 5.41) is 10.0. The van der Waals surface area contributed by atoms with Crippen LogP contribution in [0.5, 0.6) is 0 Å². The van der Waals surface area contributed by atoms with E-state index in [4.69, 9.17) is 9.73 Å². The number of ether oxygens (including phenoxy) is 1. The molecular weight excluding hydrogens is 354 g/mol. The Bertz CT molecular complexity index is 491. The van der Waals surface area contributed by atoms with E-state index in [0.717, 1.165) is 77.6 Å². The maximum Gasteiger partial charge on any atom is 0.223 e. The maximum absolute atomic E-state index is 12.4. The SMILES string of the molecule is CCNC(=NCC(C)CN1CCOCC1)NC1CCCC(C(=O)NC(C)C)C1. The van der Waals surface area contributed by atoms with Crippen LogP contribution in [0.25, 0.3) is 0 Å². The second-order valence-corrected chi connectivity index (χ2v) is 8.61. The minimum atomic E-state index is 0.108. The molecule has 1 heterocycles. The predicted molar refractivity (Wildman–Crippen MR) is 115 cm³/mol. The highest BCUT2D eigenvalue weighted by molar-refractivity contribution is 5.81. The smallest absolute Gasteiger partial charge is 0.223 e. The first kappa shape index (κ1) is 22.9. The summed E-state index contributed by atoms with van der Waals surface area (Å²) in [6.45, 7) is 14.8. The number of hydrogen-bond acceptors (Lipinski definition) is 4. The van der Waals surface area contributed by atoms with Crippen molar-refractivity contribution in [3.63, 3.8) is 0 Å². The van der Waals surface area contributed by atoms with E-state index in [2.05, 4.69) is 34.7 Å². The fraction of sp³-hybridized carbons (Fsp3) is 0.905. The van der Waals surface area contributed by atoms with E-state index in [1.165, 1.54) is 0 Å². The first-order valence-corrected chi connectivity index (χ1v) is 11.1. The second kappa shape index (κ2) is 12.3. The number of nitrogens with one attached hydrogen (secondary N) is 3. The molecule has 3 atom stereocenters. The molecule has 0 spiro atoms. The molecule has 28 heavy (non-hydrogen) atoms. The first-order chi connectivity index (χ1) is 13.5. The Morgan fingerprint density at radius 1 is 1.21 bits per heavy atom. The molecule has 0 radical (unpaired) electrons. The third-order valence-corrected chi connectivity index (χ3v) is 5.40. The summed E-state index contributed by atoms with van der Waals surface area (Å²) in [7, 11) is 0. The van der Waals surface area contributed by atoms with Gasteiger partial charge in [0.2, 0.25) is 5.91 Å². The van der Waals surface area contributed by atoms with Crippen molar-refractivity contribution in [2.75, 3.05) is 45.9 Å². The number of amides is 1. The predicted octanol–water partition coefficient (Wildman–Crippen LogP) is 1.59. The number of carbonyl (C=O) groups is 1. The van der Waals surface area contributed by atoms with Crippen LogP contribution in [0.15, 0.2) is 4.99 Å². The summed E-state index contributed by atoms with van der Waals surface area (Å²) < 4.78 is 5.42. The molecule has 2 aliphatic rings. The number of hydrogen-bond donors (Lipinski definition) is 3. The summed E-state index contributed by atoms with van der Waals surface area (Å²) in [6.07, 6.45) is 4.05. The molecule has 0 aromatic rings. The Hall–Kier alpha value is -1.34. The molecule has 1 aliphatic carbocycles. The van der Waals surface area contributed by atoms with Gasteiger partial charge in [-0.1, -0.05) is 13.3 Å². The number of carbonyl (C=O) groups excluding carboxylic acids is 1. The van der Waals surface area contributed by atoms with E-state index in [-0.39, 0.29) is 17.9 Å². The molecule has 1 saturated heterocycles. The zero-order chi connectivity index (χ0) is 20.4. The van der Waals surface area contributed by atoms with Crippen molar-refractivity contribution in [3.05, 3.63) is 0 Å². The number of aliphatic imine (C=N–C) groups is 1. The molecule has 2 fully saturated rings. The van der Waals surface area contributed by atoms with Gasteiger partial charge in [0.1, 0.15) is 0 Å². The van der Waals surface area contributed by atoms with Crippen molar-refractivity contribution < 1.29 is 9.53 Å². The fourth-order valence-electron chi connectivity index (χ4n) is 4.00. The topological polar surface area (TPSA) is 78.0 Å². The lowest BCUT2D eigenvalue weighted by Gasteiger charge is -2.31. The van der Waals surface area contributed by atoms with Crippen LogP contribution in [0.1, 0.15) is 53.4 Å². The lowest BCUT2D eigenvalue weighted by atomic mass is 9.85. The minimum Gasteiger partial charge on any atom is -0.379 e. The molecular formula is C21H41N5O2. The van der Waals surface area contributed by atoms with Crippen LogP contribution in [0.4, 0.5) is 0 Å². The molecule has 1 amide bonds. The number of morpholine rings is 1. The summed E-state index contributed by atoms with van der Waals surface area (Å²) in [5.41, 5.74) is 0. The summed E-state index contributed by atoms with van der Waals surface area (Å²) >= 11 is 0. The first-order valence-electron chi connectivity index (χ1n) is 11.1. The van der Waals surface area contributed by atoms with E-state index in [9.17, 15) is 4.79 Å². The van der Waals surface area contributed by atoms with Gasteiger partial charge in [-0.15, -0.1) is 0 Å². The Balaban J connectivity index is 1.82. The van der Waals surface area contributed by atoms with Gasteiger partial charge < -0.3 is 20.7 Å². The van der Waals surface area contributed by atoms with Gasteiger partial charge in [-0.2, -0.15) is 0 Å². The van der Waals surface area contributed by atoms with Crippen molar-refractivity contribution in [2.24, 2.45) is 16.8 Å². The Labute approximate surface area is 171 Å². The molecule has 0 aromatic heterocycles. The van der Waals surface area contributed by atoms with Crippen molar-refractivity contribution in [2.45, 2.75) is 65.5 Å². The van der Waals surface area contributed by atoms with Gasteiger partial charge in [0.05, 0.1) is 13.2 Å². The molecule has 0 aromatic carbocycles. The zero-order valence-electron chi connectivity index (χ0n) is 18.3. The standard InChI is InChI=1S/C21H41N5O2/c1-5-22-21(23-14-17(4)15-26-9-11-28-12-10-26)25-19-8-6-7-18(13-19)20(27)24-16(2)3/h16-19H,5-15H2,1-4H3,(H,24,27)(H2,22,23,25). The fourth-order valence-corrected chi connectivity index (χ4v) is 4.00. The molecule has 1 aliphatic heterocycles. The van der Waals surface area contributed by atoms with E-state index in [1.54, 1.807) is 0 Å². The molecule has 1 saturated carbocycles. The Morgan fingerprint density at radius 2 is 1.96 bits per heavy atom. The maximum atomic E-state index is 12.4. The average molecular weight is 396 g/mol. The summed E-state index contributed by atoms with van der Waals surface area (Å²) in [6, 6.07) is 0.511. The lowest BCUT2D eigenvalue weighted by Crippen LogP contribution is -2.47. The van der Waals surface area contributed by atoms with Crippen LogP contribution >= 0.6 is 0 Å². The van der Waals surface area contributed by atoms with Crippen LogP contribution < -0.4 is 16.0 Å². The minimum absolute atomic E-state index is 0.108. The van der Waals surface area contributed by atoms with E-state index in [1.807, 2.05) is 13.8 Å². The molecule has 3 N–H and O–H groups in total. The molecule has 162 valence electrons. The van der Waals surface area contributed by atoms with Gasteiger partial charge in [0.15, 0.2) is 5.96 Å². The van der Waals surface area contributed by atoms with Crippen LogP contribution in [-0.2, 0) is 9.53 Å². The quantitative estimate of drug-likeness (QED) is 0.430. The number of guanidine groups is 1. The van der Waals surface area contributed by atoms with Gasteiger partial charge in [-0.05, 0) is 46.0 Å². The summed E-state index contributed by atoms with van der Waals surface area (Å²) in [4.78, 5) is 19.7. The summed E-state index contributed by atoms with van der Waals surface area (Å²) in [5.74, 6) is 1.69. The van der Waals surface area contributed by atoms with Crippen LogP contribution in [0, 0.1) is 11.8 Å². The lowest BCUT2D eigenvalue weighted by molar-refractivity contribution is -0.126. The normalized spacial score (nSPS) is 25.4. The van der Waals surface area contributed by atoms with Gasteiger partial charge >= 0.3 is 0 Å². The van der Waals surface area contributed by atoms with Gasteiger partial charge in [-0.25, -0.2) is 0 Å². The second-order valence-electron chi connectivity index (χ2n) is 8.61. The molecule has 3 unspecified atom stereocenters. The third-order valence-electron chi connectivity index (χ3n) is 5.40. The van der Waals surface area contributed by atoms with E-state index in [0.29, 0.717) is 12.0 Å². The highest BCUT2D eigenvalue weighted by atomic mass is 16.5. The average Bonchev–Trinajstić information content (AvgIpc) is 2.67. The molecule has 7 nitrogen and oxygen atoms in total. The van der Waals surface area contributed by atoms with Crippen molar-refractivity contribution in [3.8, 4) is 0 Å². The van der Waals surface area contributed by atoms with Crippen molar-refractivity contribution in [1.82, 2.24) is 20.9 Å². The zero-order valence-corrected chi connectivity index (χ0v) is 18.3. The van der Waals surface area contributed by atoms with Crippen LogP contribution in [0.2, 0.25) is 0 Å². The van der Waals surface area contributed by atoms with Crippen LogP contribution in [0.3, 0.4) is 0 Å². The van der Waals surface area contributed by atoms with Gasteiger partial charge in [0.25, 0.3) is 0 Å². The number of rotatable bonds is 8. The number of nitrogens with zero attached hydrogens (tertiary/aromatic N) is 2. The highest BCUT2D eigenvalue weighted by Gasteiger charge is 2.28. The molecule has 7 heteroatoms. The van der Waals surface area contributed by atoms with Gasteiger partial charge in [0, 0.05) is 50.7 Å². The molecule has 0 bridgehead atoms. The Kier molecular flexibility index (Phi) is 10.1. The van der Waals surface area contributed by atoms with Crippen molar-refractivity contribution in [1.29, 1.82) is 0 Å². The van der Waals surface area contributed by atoms with E-state index < -0.39 is 0 Å². The van der Waals surface area contributed by atoms with Crippen LogP contribution in [-0.4, -0.2) is 74.8 Å². The monoisotopic (exact) mass is 395 g/mol.